The molecule has 0 radical (unpaired) electrons. The highest BCUT2D eigenvalue weighted by atomic mass is 32.2. The maximum Gasteiger partial charge on any atom is 0.243 e. The Morgan fingerprint density at radius 1 is 1.30 bits per heavy atom. The van der Waals surface area contributed by atoms with Crippen molar-refractivity contribution in [3.63, 3.8) is 0 Å². The zero-order valence-electron chi connectivity index (χ0n) is 12.3. The van der Waals surface area contributed by atoms with E-state index in [-0.39, 0.29) is 16.9 Å². The van der Waals surface area contributed by atoms with Gasteiger partial charge >= 0.3 is 0 Å². The summed E-state index contributed by atoms with van der Waals surface area (Å²) in [6.45, 7) is 7.31. The van der Waals surface area contributed by atoms with Crippen LogP contribution in [0.15, 0.2) is 29.2 Å². The van der Waals surface area contributed by atoms with E-state index in [2.05, 4.69) is 20.8 Å². The quantitative estimate of drug-likeness (QED) is 0.931. The molecule has 0 bridgehead atoms. The fourth-order valence-electron chi connectivity index (χ4n) is 2.68. The molecule has 1 aliphatic heterocycles. The van der Waals surface area contributed by atoms with Crippen LogP contribution in [0.3, 0.4) is 0 Å². The fraction of sp³-hybridized carbons (Fsp3) is 0.600. The number of rotatable bonds is 3. The molecular formula is C15H23NO3S. The summed E-state index contributed by atoms with van der Waals surface area (Å²) < 4.78 is 27.0. The predicted octanol–water partition coefficient (Wildman–Crippen LogP) is 2.24. The van der Waals surface area contributed by atoms with Crippen molar-refractivity contribution in [3.8, 4) is 0 Å². The van der Waals surface area contributed by atoms with Crippen LogP contribution in [0.1, 0.15) is 32.8 Å². The Bertz CT molecular complexity index is 575. The van der Waals surface area contributed by atoms with E-state index in [1.807, 2.05) is 0 Å². The van der Waals surface area contributed by atoms with Gasteiger partial charge in [0.25, 0.3) is 0 Å². The molecule has 1 fully saturated rings. The molecular weight excluding hydrogens is 274 g/mol. The molecule has 2 rings (SSSR count). The van der Waals surface area contributed by atoms with E-state index in [0.29, 0.717) is 24.6 Å². The molecule has 1 unspecified atom stereocenters. The van der Waals surface area contributed by atoms with Gasteiger partial charge in [0.05, 0.1) is 11.5 Å². The van der Waals surface area contributed by atoms with Crippen LogP contribution in [-0.4, -0.2) is 30.9 Å². The summed E-state index contributed by atoms with van der Waals surface area (Å²) in [7, 11) is -3.50. The lowest BCUT2D eigenvalue weighted by Gasteiger charge is -2.27. The number of hydrogen-bond donors (Lipinski definition) is 1. The fourth-order valence-corrected chi connectivity index (χ4v) is 4.39. The second-order valence-electron chi connectivity index (χ2n) is 6.48. The molecule has 1 aromatic carbocycles. The number of sulfonamides is 1. The monoisotopic (exact) mass is 297 g/mol. The van der Waals surface area contributed by atoms with E-state index in [1.165, 1.54) is 0 Å². The first-order valence-corrected chi connectivity index (χ1v) is 8.39. The first-order chi connectivity index (χ1) is 9.26. The van der Waals surface area contributed by atoms with Gasteiger partial charge in [-0.25, -0.2) is 8.42 Å². The van der Waals surface area contributed by atoms with Crippen molar-refractivity contribution in [1.29, 1.82) is 0 Å². The lowest BCUT2D eigenvalue weighted by atomic mass is 9.80. The summed E-state index contributed by atoms with van der Waals surface area (Å²) in [5, 5.41) is 9.32. The minimum Gasteiger partial charge on any atom is -0.392 e. The molecule has 0 aromatic heterocycles. The molecule has 112 valence electrons. The van der Waals surface area contributed by atoms with Gasteiger partial charge in [-0.3, -0.25) is 0 Å². The van der Waals surface area contributed by atoms with Gasteiger partial charge in [0.15, 0.2) is 0 Å². The summed E-state index contributed by atoms with van der Waals surface area (Å²) >= 11 is 0. The molecule has 0 spiro atoms. The van der Waals surface area contributed by atoms with Gasteiger partial charge in [-0.2, -0.15) is 4.31 Å². The van der Waals surface area contributed by atoms with Crippen LogP contribution in [-0.2, 0) is 16.6 Å². The second-order valence-corrected chi connectivity index (χ2v) is 8.39. The minimum atomic E-state index is -3.50. The number of hydrogen-bond acceptors (Lipinski definition) is 3. The zero-order valence-corrected chi connectivity index (χ0v) is 13.2. The molecule has 0 saturated carbocycles. The van der Waals surface area contributed by atoms with E-state index in [0.717, 1.165) is 6.42 Å². The van der Waals surface area contributed by atoms with E-state index >= 15 is 0 Å². The SMILES string of the molecule is CC(C)(C)C1CCN(S(=O)(=O)c2ccccc2CO)C1. The predicted molar refractivity (Wildman–Crippen MR) is 78.7 cm³/mol. The van der Waals surface area contributed by atoms with Gasteiger partial charge in [-0.05, 0) is 29.4 Å². The van der Waals surface area contributed by atoms with Crippen molar-refractivity contribution in [2.24, 2.45) is 11.3 Å². The highest BCUT2D eigenvalue weighted by Crippen LogP contribution is 2.36. The van der Waals surface area contributed by atoms with Crippen molar-refractivity contribution < 1.29 is 13.5 Å². The minimum absolute atomic E-state index is 0.112. The molecule has 5 heteroatoms. The van der Waals surface area contributed by atoms with Gasteiger partial charge in [-0.1, -0.05) is 39.0 Å². The second kappa shape index (κ2) is 5.47. The molecule has 0 aliphatic carbocycles. The van der Waals surface area contributed by atoms with E-state index in [1.54, 1.807) is 28.6 Å². The summed E-state index contributed by atoms with van der Waals surface area (Å²) in [4.78, 5) is 0.233. The lowest BCUT2D eigenvalue weighted by molar-refractivity contribution is 0.251. The molecule has 4 nitrogen and oxygen atoms in total. The summed E-state index contributed by atoms with van der Waals surface area (Å²) in [5.41, 5.74) is 0.576. The van der Waals surface area contributed by atoms with Gasteiger partial charge in [0.2, 0.25) is 10.0 Å². The molecule has 1 heterocycles. The van der Waals surface area contributed by atoms with Crippen molar-refractivity contribution >= 4 is 10.0 Å². The standard InChI is InChI=1S/C15H23NO3S/c1-15(2,3)13-8-9-16(10-13)20(18,19)14-7-5-4-6-12(14)11-17/h4-7,13,17H,8-11H2,1-3H3. The molecule has 1 saturated heterocycles. The Morgan fingerprint density at radius 2 is 1.95 bits per heavy atom. The third-order valence-electron chi connectivity index (χ3n) is 4.14. The zero-order chi connectivity index (χ0) is 15.0. The van der Waals surface area contributed by atoms with Crippen molar-refractivity contribution in [2.75, 3.05) is 13.1 Å². The van der Waals surface area contributed by atoms with E-state index in [9.17, 15) is 13.5 Å². The molecule has 1 atom stereocenters. The Kier molecular flexibility index (Phi) is 4.23. The first kappa shape index (κ1) is 15.5. The summed E-state index contributed by atoms with van der Waals surface area (Å²) in [6, 6.07) is 6.67. The third kappa shape index (κ3) is 2.90. The van der Waals surface area contributed by atoms with Crippen LogP contribution in [0.5, 0.6) is 0 Å². The highest BCUT2D eigenvalue weighted by molar-refractivity contribution is 7.89. The Hall–Kier alpha value is -0.910. The van der Waals surface area contributed by atoms with Gasteiger partial charge < -0.3 is 5.11 Å². The number of aliphatic hydroxyl groups is 1. The maximum atomic E-state index is 12.7. The summed E-state index contributed by atoms with van der Waals surface area (Å²) in [6.07, 6.45) is 0.893. The Balaban J connectivity index is 2.29. The van der Waals surface area contributed by atoms with Crippen LogP contribution in [0.4, 0.5) is 0 Å². The van der Waals surface area contributed by atoms with Crippen LogP contribution >= 0.6 is 0 Å². The molecule has 1 aromatic rings. The van der Waals surface area contributed by atoms with Gasteiger partial charge in [0, 0.05) is 13.1 Å². The van der Waals surface area contributed by atoms with Gasteiger partial charge in [0.1, 0.15) is 0 Å². The third-order valence-corrected chi connectivity index (χ3v) is 6.10. The lowest BCUT2D eigenvalue weighted by Crippen LogP contribution is -2.31. The first-order valence-electron chi connectivity index (χ1n) is 6.95. The van der Waals surface area contributed by atoms with E-state index < -0.39 is 10.0 Å². The van der Waals surface area contributed by atoms with E-state index in [4.69, 9.17) is 0 Å². The van der Waals surface area contributed by atoms with Crippen LogP contribution < -0.4 is 0 Å². The van der Waals surface area contributed by atoms with Crippen LogP contribution in [0, 0.1) is 11.3 Å². The average Bonchev–Trinajstić information content (AvgIpc) is 2.88. The summed E-state index contributed by atoms with van der Waals surface area (Å²) in [5.74, 6) is 0.374. The molecule has 1 aliphatic rings. The highest BCUT2D eigenvalue weighted by Gasteiger charge is 2.38. The maximum absolute atomic E-state index is 12.7. The largest absolute Gasteiger partial charge is 0.392 e. The smallest absolute Gasteiger partial charge is 0.243 e. The van der Waals surface area contributed by atoms with Gasteiger partial charge in [-0.15, -0.1) is 0 Å². The molecule has 0 amide bonds. The van der Waals surface area contributed by atoms with Crippen molar-refractivity contribution in [3.05, 3.63) is 29.8 Å². The molecule has 1 N–H and O–H groups in total. The van der Waals surface area contributed by atoms with Crippen LogP contribution in [0.2, 0.25) is 0 Å². The number of aliphatic hydroxyl groups excluding tert-OH is 1. The number of nitrogens with zero attached hydrogens (tertiary/aromatic N) is 1. The number of benzene rings is 1. The van der Waals surface area contributed by atoms with Crippen molar-refractivity contribution in [2.45, 2.75) is 38.7 Å². The normalized spacial score (nSPS) is 21.3. The molecule has 20 heavy (non-hydrogen) atoms. The topological polar surface area (TPSA) is 57.6 Å². The van der Waals surface area contributed by atoms with Crippen molar-refractivity contribution in [1.82, 2.24) is 4.31 Å². The Morgan fingerprint density at radius 3 is 2.50 bits per heavy atom. The average molecular weight is 297 g/mol. The van der Waals surface area contributed by atoms with Crippen LogP contribution in [0.25, 0.3) is 0 Å². The Labute approximate surface area is 121 Å².